The summed E-state index contributed by atoms with van der Waals surface area (Å²) in [6, 6.07) is 14.2. The van der Waals surface area contributed by atoms with Crippen molar-refractivity contribution in [3.8, 4) is 17.2 Å². The molecule has 188 valence electrons. The molecule has 0 amide bonds. The van der Waals surface area contributed by atoms with Gasteiger partial charge in [-0.3, -0.25) is 9.52 Å². The van der Waals surface area contributed by atoms with Crippen molar-refractivity contribution in [2.45, 2.75) is 18.2 Å². The van der Waals surface area contributed by atoms with E-state index in [0.29, 0.717) is 21.7 Å². The first-order valence-corrected chi connectivity index (χ1v) is 12.9. The Balaban J connectivity index is 1.83. The molecule has 0 atom stereocenters. The Bertz CT molecular complexity index is 1600. The number of methoxy groups -OCH3 is 1. The summed E-state index contributed by atoms with van der Waals surface area (Å²) < 4.78 is 42.8. The Hall–Kier alpha value is -3.40. The Morgan fingerprint density at radius 3 is 2.42 bits per heavy atom. The van der Waals surface area contributed by atoms with Gasteiger partial charge in [-0.05, 0) is 61.0 Å². The maximum absolute atomic E-state index is 13.4. The number of benzene rings is 3. The SMILES string of the molecule is COc1cc(CC(=O)O)ccc1Oc1ccc2c(cc(C)n2C)c1NS(=O)(=O)c1ccc(Cl)cc1Cl. The maximum atomic E-state index is 13.4. The third-order valence-corrected chi connectivity index (χ3v) is 7.72. The minimum absolute atomic E-state index is 0.0235. The van der Waals surface area contributed by atoms with Crippen molar-refractivity contribution < 1.29 is 27.8 Å². The first-order chi connectivity index (χ1) is 17.0. The normalized spacial score (nSPS) is 11.5. The number of ether oxygens (including phenoxy) is 2. The van der Waals surface area contributed by atoms with E-state index in [1.165, 1.54) is 25.3 Å². The lowest BCUT2D eigenvalue weighted by Gasteiger charge is -2.17. The fraction of sp³-hybridized carbons (Fsp3) is 0.160. The van der Waals surface area contributed by atoms with Crippen LogP contribution >= 0.6 is 23.2 Å². The van der Waals surface area contributed by atoms with Gasteiger partial charge in [-0.25, -0.2) is 8.42 Å². The van der Waals surface area contributed by atoms with Crippen molar-refractivity contribution in [2.24, 2.45) is 7.05 Å². The lowest BCUT2D eigenvalue weighted by Crippen LogP contribution is -2.14. The van der Waals surface area contributed by atoms with Crippen LogP contribution in [0, 0.1) is 6.92 Å². The first kappa shape index (κ1) is 25.7. The molecule has 0 unspecified atom stereocenters. The lowest BCUT2D eigenvalue weighted by molar-refractivity contribution is -0.136. The second kappa shape index (κ2) is 9.93. The van der Waals surface area contributed by atoms with Crippen LogP contribution in [0.1, 0.15) is 11.3 Å². The van der Waals surface area contributed by atoms with Crippen LogP contribution in [0.2, 0.25) is 10.0 Å². The van der Waals surface area contributed by atoms with Gasteiger partial charge < -0.3 is 19.1 Å². The molecule has 1 heterocycles. The van der Waals surface area contributed by atoms with Crippen molar-refractivity contribution in [3.05, 3.63) is 75.9 Å². The van der Waals surface area contributed by atoms with E-state index in [-0.39, 0.29) is 33.5 Å². The van der Waals surface area contributed by atoms with Crippen LogP contribution in [-0.4, -0.2) is 31.2 Å². The third kappa shape index (κ3) is 5.09. The topological polar surface area (TPSA) is 107 Å². The van der Waals surface area contributed by atoms with Gasteiger partial charge in [0.2, 0.25) is 0 Å². The molecular formula is C25H22Cl2N2O6S. The fourth-order valence-electron chi connectivity index (χ4n) is 3.80. The minimum Gasteiger partial charge on any atom is -0.493 e. The molecular weight excluding hydrogens is 527 g/mol. The summed E-state index contributed by atoms with van der Waals surface area (Å²) >= 11 is 12.1. The molecule has 2 N–H and O–H groups in total. The number of sulfonamides is 1. The number of aryl methyl sites for hydroxylation is 2. The first-order valence-electron chi connectivity index (χ1n) is 10.6. The average Bonchev–Trinajstić information content (AvgIpc) is 3.09. The van der Waals surface area contributed by atoms with E-state index >= 15 is 0 Å². The average molecular weight is 549 g/mol. The van der Waals surface area contributed by atoms with Crippen LogP contribution in [0.5, 0.6) is 17.2 Å². The maximum Gasteiger partial charge on any atom is 0.307 e. The number of hydrogen-bond donors (Lipinski definition) is 2. The molecule has 0 saturated carbocycles. The van der Waals surface area contributed by atoms with E-state index in [1.807, 2.05) is 30.7 Å². The summed E-state index contributed by atoms with van der Waals surface area (Å²) in [5, 5.41) is 9.97. The third-order valence-electron chi connectivity index (χ3n) is 5.65. The fourth-order valence-corrected chi connectivity index (χ4v) is 5.66. The molecule has 0 aliphatic carbocycles. The van der Waals surface area contributed by atoms with E-state index in [4.69, 9.17) is 37.8 Å². The summed E-state index contributed by atoms with van der Waals surface area (Å²) in [4.78, 5) is 10.9. The predicted octanol–water partition coefficient (Wildman–Crippen LogP) is 6.02. The zero-order valence-electron chi connectivity index (χ0n) is 19.5. The van der Waals surface area contributed by atoms with E-state index in [0.717, 1.165) is 11.2 Å². The number of carboxylic acid groups (broad SMARTS) is 1. The molecule has 0 bridgehead atoms. The molecule has 0 fully saturated rings. The molecule has 3 aromatic carbocycles. The largest absolute Gasteiger partial charge is 0.493 e. The van der Waals surface area contributed by atoms with E-state index in [1.54, 1.807) is 24.3 Å². The van der Waals surface area contributed by atoms with Gasteiger partial charge in [0.05, 0.1) is 24.1 Å². The number of nitrogens with zero attached hydrogens (tertiary/aromatic N) is 1. The monoisotopic (exact) mass is 548 g/mol. The molecule has 11 heteroatoms. The number of aliphatic carboxylic acids is 1. The van der Waals surface area contributed by atoms with Gasteiger partial charge in [-0.1, -0.05) is 29.3 Å². The highest BCUT2D eigenvalue weighted by Gasteiger charge is 2.24. The lowest BCUT2D eigenvalue weighted by atomic mass is 10.1. The summed E-state index contributed by atoms with van der Waals surface area (Å²) in [7, 11) is -0.828. The van der Waals surface area contributed by atoms with Gasteiger partial charge in [0.1, 0.15) is 10.6 Å². The van der Waals surface area contributed by atoms with Gasteiger partial charge in [0.15, 0.2) is 17.2 Å². The van der Waals surface area contributed by atoms with Crippen molar-refractivity contribution in [2.75, 3.05) is 11.8 Å². The summed E-state index contributed by atoms with van der Waals surface area (Å²) in [6.07, 6.45) is -0.182. The Morgan fingerprint density at radius 1 is 1.03 bits per heavy atom. The predicted molar refractivity (Wildman–Crippen MR) is 139 cm³/mol. The zero-order chi connectivity index (χ0) is 26.2. The van der Waals surface area contributed by atoms with Crippen molar-refractivity contribution in [1.82, 2.24) is 4.57 Å². The molecule has 0 saturated heterocycles. The number of fused-ring (bicyclic) bond motifs is 1. The van der Waals surface area contributed by atoms with Crippen LogP contribution in [0.4, 0.5) is 5.69 Å². The van der Waals surface area contributed by atoms with Crippen molar-refractivity contribution >= 4 is 55.8 Å². The number of hydrogen-bond acceptors (Lipinski definition) is 5. The number of rotatable bonds is 8. The molecule has 1 aromatic heterocycles. The van der Waals surface area contributed by atoms with Crippen molar-refractivity contribution in [1.29, 1.82) is 0 Å². The molecule has 36 heavy (non-hydrogen) atoms. The summed E-state index contributed by atoms with van der Waals surface area (Å²) in [5.74, 6) is -0.185. The smallest absolute Gasteiger partial charge is 0.307 e. The number of carbonyl (C=O) groups is 1. The van der Waals surface area contributed by atoms with E-state index in [9.17, 15) is 13.2 Å². The molecule has 4 rings (SSSR count). The van der Waals surface area contributed by atoms with Crippen LogP contribution in [0.25, 0.3) is 10.9 Å². The Morgan fingerprint density at radius 2 is 1.75 bits per heavy atom. The second-order valence-electron chi connectivity index (χ2n) is 8.05. The zero-order valence-corrected chi connectivity index (χ0v) is 21.8. The highest BCUT2D eigenvalue weighted by molar-refractivity contribution is 7.92. The van der Waals surface area contributed by atoms with Gasteiger partial charge in [-0.15, -0.1) is 0 Å². The van der Waals surface area contributed by atoms with Crippen LogP contribution in [0.15, 0.2) is 59.5 Å². The van der Waals surface area contributed by atoms with Gasteiger partial charge in [-0.2, -0.15) is 0 Å². The molecule has 0 spiro atoms. The molecule has 0 aliphatic rings. The highest BCUT2D eigenvalue weighted by Crippen LogP contribution is 2.41. The minimum atomic E-state index is -4.13. The molecule has 0 aliphatic heterocycles. The Kier molecular flexibility index (Phi) is 7.08. The number of carboxylic acids is 1. The number of nitrogens with one attached hydrogen (secondary N) is 1. The summed E-state index contributed by atoms with van der Waals surface area (Å²) in [6.45, 7) is 1.90. The Labute approximate surface area is 218 Å². The highest BCUT2D eigenvalue weighted by atomic mass is 35.5. The van der Waals surface area contributed by atoms with Gasteiger partial charge >= 0.3 is 5.97 Å². The van der Waals surface area contributed by atoms with Crippen LogP contribution < -0.4 is 14.2 Å². The van der Waals surface area contributed by atoms with Gasteiger partial charge in [0, 0.05) is 23.2 Å². The van der Waals surface area contributed by atoms with Crippen LogP contribution in [0.3, 0.4) is 0 Å². The van der Waals surface area contributed by atoms with E-state index < -0.39 is 16.0 Å². The van der Waals surface area contributed by atoms with Gasteiger partial charge in [0.25, 0.3) is 10.0 Å². The number of aromatic nitrogens is 1. The molecule has 8 nitrogen and oxygen atoms in total. The van der Waals surface area contributed by atoms with E-state index in [2.05, 4.69) is 4.72 Å². The van der Waals surface area contributed by atoms with Crippen LogP contribution in [-0.2, 0) is 28.3 Å². The second-order valence-corrected chi connectivity index (χ2v) is 10.5. The van der Waals surface area contributed by atoms with Crippen molar-refractivity contribution in [3.63, 3.8) is 0 Å². The number of anilines is 1. The quantitative estimate of drug-likeness (QED) is 0.278. The number of halogens is 2. The molecule has 0 radical (unpaired) electrons. The standard InChI is InChI=1S/C25H22Cl2N2O6S/c1-14-10-17-19(29(14)2)6-8-21(35-20-7-4-15(12-24(30)31)11-22(20)34-3)25(17)28-36(32,33)23-9-5-16(26)13-18(23)27/h4-11,13,28H,12H2,1-3H3,(H,30,31). The molecule has 4 aromatic rings. The summed E-state index contributed by atoms with van der Waals surface area (Å²) in [5.41, 5.74) is 2.42.